The average Bonchev–Trinajstić information content (AvgIpc) is 2.73. The summed E-state index contributed by atoms with van der Waals surface area (Å²) in [6, 6.07) is 13.1. The number of carbonyl (C=O) groups excluding carboxylic acids is 2. The van der Waals surface area contributed by atoms with E-state index in [4.69, 9.17) is 4.74 Å². The number of rotatable bonds is 3. The van der Waals surface area contributed by atoms with Crippen molar-refractivity contribution in [2.75, 3.05) is 13.2 Å². The molecule has 0 bridgehead atoms. The molecule has 150 valence electrons. The Morgan fingerprint density at radius 3 is 2.79 bits per heavy atom. The molecular weight excluding hydrogens is 373 g/mol. The molecule has 2 aromatic rings. The molecule has 0 aliphatic carbocycles. The van der Waals surface area contributed by atoms with Crippen LogP contribution < -0.4 is 5.32 Å². The van der Waals surface area contributed by atoms with Crippen molar-refractivity contribution in [3.05, 3.63) is 71.0 Å². The van der Waals surface area contributed by atoms with Crippen LogP contribution in [0.1, 0.15) is 29.7 Å². The Morgan fingerprint density at radius 2 is 2.03 bits per heavy atom. The Balaban J connectivity index is 1.69. The number of nitrogens with zero attached hydrogens (tertiary/aromatic N) is 2. The van der Waals surface area contributed by atoms with Gasteiger partial charge >= 0.3 is 5.97 Å². The minimum absolute atomic E-state index is 0.151. The zero-order valence-corrected chi connectivity index (χ0v) is 16.1. The zero-order valence-electron chi connectivity index (χ0n) is 16.1. The van der Waals surface area contributed by atoms with E-state index in [2.05, 4.69) is 22.4 Å². The molecule has 0 radical (unpaired) electrons. The van der Waals surface area contributed by atoms with Crippen LogP contribution in [0, 0.1) is 11.7 Å². The third-order valence-corrected chi connectivity index (χ3v) is 5.26. The summed E-state index contributed by atoms with van der Waals surface area (Å²) in [4.78, 5) is 32.0. The standard InChI is InChI=1S/C22H22FN3O3/c1-2-29-21(28)18-19(15-8-5-9-17(23)12-15)24-22(25-20(18)27)26-11-10-14-6-3-4-7-16(14)13-26/h3-9,12,18-19H,2,10-11,13H2,1H3,(H,24,25,27)/t18-,19+/m1/s1. The lowest BCUT2D eigenvalue weighted by molar-refractivity contribution is -0.153. The van der Waals surface area contributed by atoms with E-state index in [0.29, 0.717) is 24.6 Å². The van der Waals surface area contributed by atoms with Crippen molar-refractivity contribution in [3.63, 3.8) is 0 Å². The van der Waals surface area contributed by atoms with Gasteiger partial charge in [-0.3, -0.25) is 14.9 Å². The summed E-state index contributed by atoms with van der Waals surface area (Å²) in [7, 11) is 0. The summed E-state index contributed by atoms with van der Waals surface area (Å²) >= 11 is 0. The lowest BCUT2D eigenvalue weighted by Gasteiger charge is -2.36. The van der Waals surface area contributed by atoms with Gasteiger partial charge in [-0.15, -0.1) is 0 Å². The first-order valence-electron chi connectivity index (χ1n) is 9.69. The van der Waals surface area contributed by atoms with Gasteiger partial charge in [0.2, 0.25) is 11.9 Å². The number of fused-ring (bicyclic) bond motifs is 1. The quantitative estimate of drug-likeness (QED) is 0.641. The fraction of sp³-hybridized carbons (Fsp3) is 0.318. The molecule has 0 spiro atoms. The lowest BCUT2D eigenvalue weighted by atomic mass is 9.91. The number of ether oxygens (including phenoxy) is 1. The van der Waals surface area contributed by atoms with Crippen molar-refractivity contribution < 1.29 is 18.7 Å². The molecule has 0 fully saturated rings. The summed E-state index contributed by atoms with van der Waals surface area (Å²) in [6.07, 6.45) is 0.830. The maximum Gasteiger partial charge on any atom is 0.321 e. The number of amides is 1. The van der Waals surface area contributed by atoms with Crippen LogP contribution in [-0.2, 0) is 27.3 Å². The molecule has 29 heavy (non-hydrogen) atoms. The maximum atomic E-state index is 13.8. The third-order valence-electron chi connectivity index (χ3n) is 5.26. The molecule has 2 aliphatic heterocycles. The highest BCUT2D eigenvalue weighted by Crippen LogP contribution is 2.32. The van der Waals surface area contributed by atoms with Crippen LogP contribution in [0.5, 0.6) is 0 Å². The summed E-state index contributed by atoms with van der Waals surface area (Å²) in [5.74, 6) is -2.34. The molecular formula is C22H22FN3O3. The number of esters is 1. The molecule has 1 N–H and O–H groups in total. The van der Waals surface area contributed by atoms with E-state index in [9.17, 15) is 14.0 Å². The van der Waals surface area contributed by atoms with Gasteiger partial charge in [0.1, 0.15) is 11.9 Å². The van der Waals surface area contributed by atoms with Gasteiger partial charge in [-0.25, -0.2) is 9.38 Å². The van der Waals surface area contributed by atoms with Crippen molar-refractivity contribution >= 4 is 17.8 Å². The largest absolute Gasteiger partial charge is 0.465 e. The number of guanidine groups is 1. The maximum absolute atomic E-state index is 13.8. The van der Waals surface area contributed by atoms with Gasteiger partial charge < -0.3 is 9.64 Å². The Morgan fingerprint density at radius 1 is 1.24 bits per heavy atom. The van der Waals surface area contributed by atoms with Crippen molar-refractivity contribution in [1.29, 1.82) is 0 Å². The van der Waals surface area contributed by atoms with Gasteiger partial charge in [0.25, 0.3) is 0 Å². The van der Waals surface area contributed by atoms with Crippen LogP contribution in [0.15, 0.2) is 53.5 Å². The predicted octanol–water partition coefficient (Wildman–Crippen LogP) is 2.59. The van der Waals surface area contributed by atoms with Crippen molar-refractivity contribution in [1.82, 2.24) is 10.2 Å². The van der Waals surface area contributed by atoms with Gasteiger partial charge in [0.15, 0.2) is 5.92 Å². The van der Waals surface area contributed by atoms with Crippen molar-refractivity contribution in [3.8, 4) is 0 Å². The predicted molar refractivity (Wildman–Crippen MR) is 105 cm³/mol. The van der Waals surface area contributed by atoms with Gasteiger partial charge in [-0.1, -0.05) is 36.4 Å². The molecule has 0 aromatic heterocycles. The monoisotopic (exact) mass is 395 g/mol. The number of hydrogen-bond acceptors (Lipinski definition) is 5. The second-order valence-electron chi connectivity index (χ2n) is 7.11. The summed E-state index contributed by atoms with van der Waals surface area (Å²) in [6.45, 7) is 3.12. The molecule has 2 aromatic carbocycles. The molecule has 0 saturated heterocycles. The average molecular weight is 395 g/mol. The van der Waals surface area contributed by atoms with E-state index in [0.717, 1.165) is 6.42 Å². The number of aliphatic imine (C=N–C) groups is 1. The summed E-state index contributed by atoms with van der Waals surface area (Å²) in [5.41, 5.74) is 2.91. The fourth-order valence-corrected chi connectivity index (χ4v) is 3.83. The van der Waals surface area contributed by atoms with Crippen LogP contribution in [0.4, 0.5) is 4.39 Å². The van der Waals surface area contributed by atoms with Gasteiger partial charge in [-0.05, 0) is 42.2 Å². The smallest absolute Gasteiger partial charge is 0.321 e. The van der Waals surface area contributed by atoms with Crippen molar-refractivity contribution in [2.45, 2.75) is 25.9 Å². The Hall–Kier alpha value is -3.22. The van der Waals surface area contributed by atoms with E-state index < -0.39 is 29.7 Å². The first kappa shape index (κ1) is 19.1. The highest BCUT2D eigenvalue weighted by molar-refractivity contribution is 6.08. The number of hydrogen-bond donors (Lipinski definition) is 1. The Kier molecular flexibility index (Phi) is 5.29. The lowest BCUT2D eigenvalue weighted by Crippen LogP contribution is -2.53. The van der Waals surface area contributed by atoms with E-state index in [1.807, 2.05) is 17.0 Å². The van der Waals surface area contributed by atoms with Crippen LogP contribution in [0.2, 0.25) is 0 Å². The van der Waals surface area contributed by atoms with Crippen LogP contribution in [0.25, 0.3) is 0 Å². The molecule has 1 amide bonds. The van der Waals surface area contributed by atoms with Gasteiger partial charge in [-0.2, -0.15) is 0 Å². The molecule has 4 rings (SSSR count). The fourth-order valence-electron chi connectivity index (χ4n) is 3.83. The van der Waals surface area contributed by atoms with Crippen LogP contribution in [-0.4, -0.2) is 35.9 Å². The second-order valence-corrected chi connectivity index (χ2v) is 7.11. The second kappa shape index (κ2) is 8.03. The molecule has 2 heterocycles. The van der Waals surface area contributed by atoms with Crippen LogP contribution in [0.3, 0.4) is 0 Å². The number of nitrogens with one attached hydrogen (secondary N) is 1. The van der Waals surface area contributed by atoms with E-state index in [-0.39, 0.29) is 6.61 Å². The minimum Gasteiger partial charge on any atom is -0.465 e. The summed E-state index contributed by atoms with van der Waals surface area (Å²) < 4.78 is 18.9. The molecule has 2 aliphatic rings. The van der Waals surface area contributed by atoms with Gasteiger partial charge in [0, 0.05) is 13.1 Å². The first-order valence-corrected chi connectivity index (χ1v) is 9.69. The SMILES string of the molecule is CCOC(=O)[C@H]1C(=O)NC(N2CCc3ccccc3C2)=N[C@H]1c1cccc(F)c1. The molecule has 0 unspecified atom stereocenters. The van der Waals surface area contributed by atoms with E-state index >= 15 is 0 Å². The molecule has 7 heteroatoms. The highest BCUT2D eigenvalue weighted by atomic mass is 19.1. The summed E-state index contributed by atoms with van der Waals surface area (Å²) in [5, 5.41) is 2.76. The highest BCUT2D eigenvalue weighted by Gasteiger charge is 2.42. The van der Waals surface area contributed by atoms with Crippen LogP contribution >= 0.6 is 0 Å². The number of benzene rings is 2. The van der Waals surface area contributed by atoms with Crippen molar-refractivity contribution in [2.24, 2.45) is 10.9 Å². The number of carbonyl (C=O) groups is 2. The minimum atomic E-state index is -1.16. The third kappa shape index (κ3) is 3.85. The Labute approximate surface area is 168 Å². The topological polar surface area (TPSA) is 71.0 Å². The normalized spacial score (nSPS) is 21.1. The molecule has 2 atom stereocenters. The molecule has 6 nitrogen and oxygen atoms in total. The van der Waals surface area contributed by atoms with E-state index in [1.54, 1.807) is 19.1 Å². The first-order chi connectivity index (χ1) is 14.1. The zero-order chi connectivity index (χ0) is 20.4. The van der Waals surface area contributed by atoms with Gasteiger partial charge in [0.05, 0.1) is 6.61 Å². The number of halogens is 1. The molecule has 0 saturated carbocycles. The Bertz CT molecular complexity index is 975. The van der Waals surface area contributed by atoms with E-state index in [1.165, 1.54) is 23.3 Å².